The minimum atomic E-state index is -1.21. The average molecular weight is 194 g/mol. The van der Waals surface area contributed by atoms with E-state index in [9.17, 15) is 5.11 Å². The lowest BCUT2D eigenvalue weighted by Gasteiger charge is -2.29. The van der Waals surface area contributed by atoms with Gasteiger partial charge in [-0.1, -0.05) is 37.5 Å². The standard InChI is InChI=1S/C12H18O2/c1-5-9-11(14-10-6-2)12(13,7-3)8-4/h5-8,11,13H,1-4,9-10H2/t11-/m0/s1. The number of ether oxygens (including phenoxy) is 1. The molecule has 78 valence electrons. The van der Waals surface area contributed by atoms with Crippen LogP contribution in [0, 0.1) is 0 Å². The lowest BCUT2D eigenvalue weighted by atomic mass is 9.94. The van der Waals surface area contributed by atoms with Gasteiger partial charge in [0.1, 0.15) is 5.60 Å². The molecule has 0 radical (unpaired) electrons. The highest BCUT2D eigenvalue weighted by Crippen LogP contribution is 2.20. The molecule has 1 N–H and O–H groups in total. The Hall–Kier alpha value is -1.12. The molecule has 0 saturated carbocycles. The molecular weight excluding hydrogens is 176 g/mol. The Kier molecular flexibility index (Phi) is 5.84. The molecule has 0 rings (SSSR count). The van der Waals surface area contributed by atoms with Crippen LogP contribution in [0.1, 0.15) is 6.42 Å². The molecule has 0 amide bonds. The predicted octanol–water partition coefficient (Wildman–Crippen LogP) is 2.24. The van der Waals surface area contributed by atoms with Crippen LogP contribution in [0.3, 0.4) is 0 Å². The number of aliphatic hydroxyl groups is 1. The first-order valence-corrected chi connectivity index (χ1v) is 4.47. The maximum absolute atomic E-state index is 10.0. The van der Waals surface area contributed by atoms with Crippen molar-refractivity contribution in [3.63, 3.8) is 0 Å². The quantitative estimate of drug-likeness (QED) is 0.600. The molecule has 14 heavy (non-hydrogen) atoms. The smallest absolute Gasteiger partial charge is 0.127 e. The minimum Gasteiger partial charge on any atom is -0.379 e. The fourth-order valence-corrected chi connectivity index (χ4v) is 1.07. The van der Waals surface area contributed by atoms with Gasteiger partial charge in [0.15, 0.2) is 0 Å². The number of rotatable bonds is 8. The van der Waals surface area contributed by atoms with Crippen LogP contribution in [-0.2, 0) is 4.74 Å². The summed E-state index contributed by atoms with van der Waals surface area (Å²) >= 11 is 0. The molecular formula is C12H18O2. The van der Waals surface area contributed by atoms with Crippen LogP contribution >= 0.6 is 0 Å². The van der Waals surface area contributed by atoms with Gasteiger partial charge in [0.05, 0.1) is 12.7 Å². The van der Waals surface area contributed by atoms with Crippen molar-refractivity contribution >= 4 is 0 Å². The zero-order chi connectivity index (χ0) is 11.0. The van der Waals surface area contributed by atoms with Crippen LogP contribution in [0.2, 0.25) is 0 Å². The monoisotopic (exact) mass is 194 g/mol. The molecule has 0 saturated heterocycles. The van der Waals surface area contributed by atoms with Crippen molar-refractivity contribution in [2.45, 2.75) is 18.1 Å². The van der Waals surface area contributed by atoms with Crippen molar-refractivity contribution in [1.82, 2.24) is 0 Å². The summed E-state index contributed by atoms with van der Waals surface area (Å²) in [4.78, 5) is 0. The van der Waals surface area contributed by atoms with E-state index in [-0.39, 0.29) is 0 Å². The Labute approximate surface area is 85.9 Å². The fourth-order valence-electron chi connectivity index (χ4n) is 1.07. The zero-order valence-corrected chi connectivity index (χ0v) is 8.48. The van der Waals surface area contributed by atoms with Gasteiger partial charge in [0.2, 0.25) is 0 Å². The van der Waals surface area contributed by atoms with E-state index >= 15 is 0 Å². The molecule has 0 fully saturated rings. The van der Waals surface area contributed by atoms with E-state index in [1.807, 2.05) is 0 Å². The molecule has 0 spiro atoms. The summed E-state index contributed by atoms with van der Waals surface area (Å²) in [7, 11) is 0. The Morgan fingerprint density at radius 1 is 1.14 bits per heavy atom. The Morgan fingerprint density at radius 2 is 1.71 bits per heavy atom. The van der Waals surface area contributed by atoms with Crippen molar-refractivity contribution in [1.29, 1.82) is 0 Å². The van der Waals surface area contributed by atoms with Gasteiger partial charge in [-0.15, -0.1) is 13.2 Å². The first-order valence-electron chi connectivity index (χ1n) is 4.47. The molecule has 0 unspecified atom stereocenters. The Morgan fingerprint density at radius 3 is 2.07 bits per heavy atom. The molecule has 0 aromatic carbocycles. The van der Waals surface area contributed by atoms with Crippen LogP contribution in [0.5, 0.6) is 0 Å². The van der Waals surface area contributed by atoms with Crippen molar-refractivity contribution in [3.05, 3.63) is 50.6 Å². The lowest BCUT2D eigenvalue weighted by molar-refractivity contribution is -0.0437. The number of hydrogen-bond donors (Lipinski definition) is 1. The first kappa shape index (κ1) is 12.9. The zero-order valence-electron chi connectivity index (χ0n) is 8.48. The summed E-state index contributed by atoms with van der Waals surface area (Å²) in [5.41, 5.74) is -1.21. The molecule has 1 atom stereocenters. The summed E-state index contributed by atoms with van der Waals surface area (Å²) in [6.07, 6.45) is 6.26. The van der Waals surface area contributed by atoms with Gasteiger partial charge in [-0.3, -0.25) is 0 Å². The number of hydrogen-bond acceptors (Lipinski definition) is 2. The SMILES string of the molecule is C=CCO[C@@H](CC=C)C(O)(C=C)C=C. The molecule has 0 aliphatic heterocycles. The normalized spacial score (nSPS) is 12.9. The minimum absolute atomic E-state index is 0.377. The second-order valence-electron chi connectivity index (χ2n) is 2.93. The van der Waals surface area contributed by atoms with E-state index in [0.717, 1.165) is 0 Å². The molecule has 0 aromatic heterocycles. The molecule has 0 bridgehead atoms. The van der Waals surface area contributed by atoms with Crippen LogP contribution < -0.4 is 0 Å². The van der Waals surface area contributed by atoms with Crippen molar-refractivity contribution in [2.24, 2.45) is 0 Å². The van der Waals surface area contributed by atoms with Crippen LogP contribution in [0.4, 0.5) is 0 Å². The van der Waals surface area contributed by atoms with Crippen molar-refractivity contribution in [3.8, 4) is 0 Å². The van der Waals surface area contributed by atoms with Gasteiger partial charge in [-0.25, -0.2) is 0 Å². The summed E-state index contributed by atoms with van der Waals surface area (Å²) in [5.74, 6) is 0. The van der Waals surface area contributed by atoms with Gasteiger partial charge in [0, 0.05) is 0 Å². The average Bonchev–Trinajstić information content (AvgIpc) is 2.23. The summed E-state index contributed by atoms with van der Waals surface area (Å²) < 4.78 is 5.40. The van der Waals surface area contributed by atoms with Crippen LogP contribution in [0.25, 0.3) is 0 Å². The van der Waals surface area contributed by atoms with Gasteiger partial charge in [-0.05, 0) is 6.42 Å². The lowest BCUT2D eigenvalue weighted by Crippen LogP contribution is -2.40. The highest BCUT2D eigenvalue weighted by molar-refractivity contribution is 5.14. The van der Waals surface area contributed by atoms with E-state index in [1.54, 1.807) is 12.2 Å². The molecule has 2 heteroatoms. The summed E-state index contributed by atoms with van der Waals surface area (Å²) in [5, 5.41) is 10.0. The highest BCUT2D eigenvalue weighted by Gasteiger charge is 2.30. The summed E-state index contributed by atoms with van der Waals surface area (Å²) in [6, 6.07) is 0. The van der Waals surface area contributed by atoms with E-state index in [1.165, 1.54) is 12.2 Å². The van der Waals surface area contributed by atoms with E-state index in [4.69, 9.17) is 4.74 Å². The topological polar surface area (TPSA) is 29.5 Å². The molecule has 0 aromatic rings. The van der Waals surface area contributed by atoms with Gasteiger partial charge >= 0.3 is 0 Å². The second-order valence-corrected chi connectivity index (χ2v) is 2.93. The summed E-state index contributed by atoms with van der Waals surface area (Å²) in [6.45, 7) is 14.6. The third kappa shape index (κ3) is 3.32. The van der Waals surface area contributed by atoms with Crippen LogP contribution in [-0.4, -0.2) is 23.4 Å². The van der Waals surface area contributed by atoms with Gasteiger partial charge < -0.3 is 9.84 Å². The molecule has 0 aliphatic rings. The van der Waals surface area contributed by atoms with E-state index in [0.29, 0.717) is 13.0 Å². The van der Waals surface area contributed by atoms with Crippen molar-refractivity contribution in [2.75, 3.05) is 6.61 Å². The maximum Gasteiger partial charge on any atom is 0.127 e. The fraction of sp³-hybridized carbons (Fsp3) is 0.333. The highest BCUT2D eigenvalue weighted by atomic mass is 16.5. The third-order valence-corrected chi connectivity index (χ3v) is 1.97. The second kappa shape index (κ2) is 6.35. The van der Waals surface area contributed by atoms with Gasteiger partial charge in [-0.2, -0.15) is 0 Å². The first-order chi connectivity index (χ1) is 6.64. The van der Waals surface area contributed by atoms with Crippen molar-refractivity contribution < 1.29 is 9.84 Å². The Bertz CT molecular complexity index is 210. The van der Waals surface area contributed by atoms with Crippen LogP contribution in [0.15, 0.2) is 50.6 Å². The van der Waals surface area contributed by atoms with E-state index < -0.39 is 11.7 Å². The predicted molar refractivity (Wildman–Crippen MR) is 60.1 cm³/mol. The molecule has 0 aliphatic carbocycles. The molecule has 0 heterocycles. The van der Waals surface area contributed by atoms with E-state index in [2.05, 4.69) is 26.3 Å². The van der Waals surface area contributed by atoms with Gasteiger partial charge in [0.25, 0.3) is 0 Å². The molecule has 2 nitrogen and oxygen atoms in total. The Balaban J connectivity index is 4.57. The third-order valence-electron chi connectivity index (χ3n) is 1.97. The largest absolute Gasteiger partial charge is 0.379 e. The maximum atomic E-state index is 10.0.